The van der Waals surface area contributed by atoms with Crippen LogP contribution in [-0.2, 0) is 9.59 Å². The number of hydrogen-bond acceptors (Lipinski definition) is 4. The van der Waals surface area contributed by atoms with Gasteiger partial charge < -0.3 is 10.2 Å². The van der Waals surface area contributed by atoms with Crippen LogP contribution in [-0.4, -0.2) is 58.8 Å². The maximum absolute atomic E-state index is 12.3. The van der Waals surface area contributed by atoms with E-state index in [9.17, 15) is 9.59 Å². The zero-order chi connectivity index (χ0) is 16.1. The molecule has 120 valence electrons. The van der Waals surface area contributed by atoms with Gasteiger partial charge in [-0.05, 0) is 25.5 Å². The number of hydrogen-bond donors (Lipinski definition) is 1. The van der Waals surface area contributed by atoms with Crippen LogP contribution in [0.25, 0.3) is 0 Å². The minimum atomic E-state index is -0.274. The predicted octanol–water partition coefficient (Wildman–Crippen LogP) is 1.62. The molecule has 0 bridgehead atoms. The zero-order valence-electron chi connectivity index (χ0n) is 12.9. The lowest BCUT2D eigenvalue weighted by Crippen LogP contribution is -2.44. The van der Waals surface area contributed by atoms with E-state index in [4.69, 9.17) is 11.6 Å². The summed E-state index contributed by atoms with van der Waals surface area (Å²) in [6, 6.07) is 3.09. The Morgan fingerprint density at radius 2 is 2.05 bits per heavy atom. The first kappa shape index (κ1) is 16.7. The highest BCUT2D eigenvalue weighted by Crippen LogP contribution is 2.12. The van der Waals surface area contributed by atoms with Crippen molar-refractivity contribution in [3.05, 3.63) is 23.4 Å². The number of aromatic nitrogens is 1. The van der Waals surface area contributed by atoms with Crippen LogP contribution < -0.4 is 5.32 Å². The molecule has 2 amide bonds. The highest BCUT2D eigenvalue weighted by Gasteiger charge is 2.24. The minimum Gasteiger partial charge on any atom is -0.342 e. The summed E-state index contributed by atoms with van der Waals surface area (Å²) in [6.45, 7) is 6.35. The molecule has 1 aliphatic rings. The molecule has 1 N–H and O–H groups in total. The number of nitrogens with zero attached hydrogens (tertiary/aromatic N) is 3. The van der Waals surface area contributed by atoms with Gasteiger partial charge in [-0.15, -0.1) is 0 Å². The van der Waals surface area contributed by atoms with Crippen LogP contribution in [0.3, 0.4) is 0 Å². The van der Waals surface area contributed by atoms with E-state index in [0.717, 1.165) is 19.5 Å². The number of carbonyl (C=O) groups excluding carboxylic acids is 2. The highest BCUT2D eigenvalue weighted by molar-refractivity contribution is 6.30. The van der Waals surface area contributed by atoms with E-state index in [1.165, 1.54) is 6.20 Å². The molecule has 0 radical (unpaired) electrons. The van der Waals surface area contributed by atoms with Crippen molar-refractivity contribution >= 4 is 29.2 Å². The fraction of sp³-hybridized carbons (Fsp3) is 0.533. The lowest BCUT2D eigenvalue weighted by molar-refractivity contribution is -0.128. The average molecular weight is 325 g/mol. The normalized spacial score (nSPS) is 17.7. The second-order valence-electron chi connectivity index (χ2n) is 5.42. The first-order valence-electron chi connectivity index (χ1n) is 7.39. The third kappa shape index (κ3) is 4.42. The van der Waals surface area contributed by atoms with Gasteiger partial charge in [0.15, 0.2) is 0 Å². The summed E-state index contributed by atoms with van der Waals surface area (Å²) in [5, 5.41) is 3.32. The largest absolute Gasteiger partial charge is 0.342 e. The Kier molecular flexibility index (Phi) is 5.74. The van der Waals surface area contributed by atoms with Crippen LogP contribution in [0.1, 0.15) is 20.3 Å². The molecule has 1 atom stereocenters. The molecule has 1 fully saturated rings. The summed E-state index contributed by atoms with van der Waals surface area (Å²) >= 11 is 5.77. The second kappa shape index (κ2) is 7.56. The summed E-state index contributed by atoms with van der Waals surface area (Å²) in [5.41, 5.74) is 0. The Balaban J connectivity index is 1.92. The van der Waals surface area contributed by atoms with Gasteiger partial charge in [0.05, 0.1) is 11.1 Å². The highest BCUT2D eigenvalue weighted by atomic mass is 35.5. The van der Waals surface area contributed by atoms with Gasteiger partial charge in [0.2, 0.25) is 11.8 Å². The summed E-state index contributed by atoms with van der Waals surface area (Å²) < 4.78 is 0. The van der Waals surface area contributed by atoms with Crippen LogP contribution >= 0.6 is 11.6 Å². The van der Waals surface area contributed by atoms with Crippen molar-refractivity contribution in [2.24, 2.45) is 0 Å². The number of anilines is 1. The molecule has 2 rings (SSSR count). The molecule has 7 heteroatoms. The summed E-state index contributed by atoms with van der Waals surface area (Å²) in [5.74, 6) is 0.469. The molecular weight excluding hydrogens is 304 g/mol. The molecule has 22 heavy (non-hydrogen) atoms. The van der Waals surface area contributed by atoms with Gasteiger partial charge in [0.25, 0.3) is 0 Å². The molecule has 1 aromatic rings. The molecule has 0 unspecified atom stereocenters. The third-order valence-electron chi connectivity index (χ3n) is 3.88. The topological polar surface area (TPSA) is 65.5 Å². The molecule has 0 aliphatic carbocycles. The fourth-order valence-corrected chi connectivity index (χ4v) is 2.60. The molecule has 2 heterocycles. The van der Waals surface area contributed by atoms with E-state index in [2.05, 4.69) is 15.2 Å². The molecule has 6 nitrogen and oxygen atoms in total. The Bertz CT molecular complexity index is 535. The van der Waals surface area contributed by atoms with Gasteiger partial charge in [-0.3, -0.25) is 14.5 Å². The standard InChI is InChI=1S/C15H21ClN4O2/c1-11(15(22)18-14-5-4-13(16)10-17-14)19-6-3-7-20(9-8-19)12(2)21/h4-5,10-11H,3,6-9H2,1-2H3,(H,17,18,22)/t11-/m0/s1. The number of carbonyl (C=O) groups is 2. The zero-order valence-corrected chi connectivity index (χ0v) is 13.6. The van der Waals surface area contributed by atoms with E-state index >= 15 is 0 Å². The van der Waals surface area contributed by atoms with Crippen molar-refractivity contribution in [3.8, 4) is 0 Å². The molecular formula is C15H21ClN4O2. The number of nitrogens with one attached hydrogen (secondary N) is 1. The lowest BCUT2D eigenvalue weighted by atomic mass is 10.2. The number of amides is 2. The molecule has 0 spiro atoms. The van der Waals surface area contributed by atoms with Crippen molar-refractivity contribution in [3.63, 3.8) is 0 Å². The Morgan fingerprint density at radius 3 is 2.68 bits per heavy atom. The van der Waals surface area contributed by atoms with Crippen molar-refractivity contribution in [2.75, 3.05) is 31.5 Å². The van der Waals surface area contributed by atoms with E-state index in [1.54, 1.807) is 19.1 Å². The molecule has 1 aliphatic heterocycles. The summed E-state index contributed by atoms with van der Waals surface area (Å²) in [4.78, 5) is 31.7. The lowest BCUT2D eigenvalue weighted by Gasteiger charge is -2.26. The monoisotopic (exact) mass is 324 g/mol. The Morgan fingerprint density at radius 1 is 1.27 bits per heavy atom. The van der Waals surface area contributed by atoms with Crippen LogP contribution in [0.5, 0.6) is 0 Å². The third-order valence-corrected chi connectivity index (χ3v) is 4.11. The minimum absolute atomic E-state index is 0.0873. The van der Waals surface area contributed by atoms with Crippen molar-refractivity contribution in [1.29, 1.82) is 0 Å². The van der Waals surface area contributed by atoms with E-state index in [0.29, 0.717) is 23.9 Å². The molecule has 1 aromatic heterocycles. The van der Waals surface area contributed by atoms with E-state index in [-0.39, 0.29) is 17.9 Å². The van der Waals surface area contributed by atoms with Gasteiger partial charge in [-0.1, -0.05) is 11.6 Å². The quantitative estimate of drug-likeness (QED) is 0.917. The molecule has 1 saturated heterocycles. The van der Waals surface area contributed by atoms with Gasteiger partial charge in [0, 0.05) is 39.3 Å². The van der Waals surface area contributed by atoms with Gasteiger partial charge in [-0.25, -0.2) is 4.98 Å². The average Bonchev–Trinajstić information content (AvgIpc) is 2.74. The second-order valence-corrected chi connectivity index (χ2v) is 5.86. The number of pyridine rings is 1. The predicted molar refractivity (Wildman–Crippen MR) is 85.8 cm³/mol. The Labute approximate surface area is 135 Å². The van der Waals surface area contributed by atoms with Crippen LogP contribution in [0.4, 0.5) is 5.82 Å². The first-order valence-corrected chi connectivity index (χ1v) is 7.77. The van der Waals surface area contributed by atoms with Crippen molar-refractivity contribution in [1.82, 2.24) is 14.8 Å². The smallest absolute Gasteiger partial charge is 0.242 e. The van der Waals surface area contributed by atoms with E-state index in [1.807, 2.05) is 11.8 Å². The maximum atomic E-state index is 12.3. The van der Waals surface area contributed by atoms with Gasteiger partial charge in [0.1, 0.15) is 5.82 Å². The number of rotatable bonds is 3. The number of halogens is 1. The van der Waals surface area contributed by atoms with E-state index < -0.39 is 0 Å². The van der Waals surface area contributed by atoms with Crippen LogP contribution in [0, 0.1) is 0 Å². The van der Waals surface area contributed by atoms with Gasteiger partial charge in [-0.2, -0.15) is 0 Å². The van der Waals surface area contributed by atoms with Gasteiger partial charge >= 0.3 is 0 Å². The summed E-state index contributed by atoms with van der Waals surface area (Å²) in [6.07, 6.45) is 2.37. The first-order chi connectivity index (χ1) is 10.5. The molecule has 0 saturated carbocycles. The maximum Gasteiger partial charge on any atom is 0.242 e. The van der Waals surface area contributed by atoms with Crippen LogP contribution in [0.2, 0.25) is 5.02 Å². The summed E-state index contributed by atoms with van der Waals surface area (Å²) in [7, 11) is 0. The Hall–Kier alpha value is -1.66. The van der Waals surface area contributed by atoms with Crippen molar-refractivity contribution in [2.45, 2.75) is 26.3 Å². The fourth-order valence-electron chi connectivity index (χ4n) is 2.49. The van der Waals surface area contributed by atoms with Crippen LogP contribution in [0.15, 0.2) is 18.3 Å². The SMILES string of the molecule is CC(=O)N1CCCN([C@@H](C)C(=O)Nc2ccc(Cl)cn2)CC1. The molecule has 0 aromatic carbocycles. The van der Waals surface area contributed by atoms with Crippen molar-refractivity contribution < 1.29 is 9.59 Å².